The second-order valence-corrected chi connectivity index (χ2v) is 3.72. The zero-order valence-corrected chi connectivity index (χ0v) is 9.98. The molecule has 1 aromatic rings. The van der Waals surface area contributed by atoms with E-state index in [9.17, 15) is 19.2 Å². The molecule has 98 valence electrons. The third kappa shape index (κ3) is 2.44. The quantitative estimate of drug-likeness (QED) is 0.446. The number of hydrogen-bond donors (Lipinski definition) is 2. The van der Waals surface area contributed by atoms with Gasteiger partial charge in [0.15, 0.2) is 0 Å². The van der Waals surface area contributed by atoms with Crippen molar-refractivity contribution in [3.63, 3.8) is 0 Å². The van der Waals surface area contributed by atoms with Crippen LogP contribution in [0.1, 0.15) is 27.6 Å². The van der Waals surface area contributed by atoms with E-state index in [4.69, 9.17) is 0 Å². The number of hydrogen-bond acceptors (Lipinski definition) is 5. The summed E-state index contributed by atoms with van der Waals surface area (Å²) in [5.74, 6) is -2.97. The van der Waals surface area contributed by atoms with Gasteiger partial charge in [0.2, 0.25) is 0 Å². The van der Waals surface area contributed by atoms with Crippen molar-refractivity contribution in [1.29, 1.82) is 0 Å². The summed E-state index contributed by atoms with van der Waals surface area (Å²) in [5, 5.41) is 4.41. The zero-order valence-electron chi connectivity index (χ0n) is 9.98. The number of amides is 3. The Morgan fingerprint density at radius 2 is 1.89 bits per heavy atom. The summed E-state index contributed by atoms with van der Waals surface area (Å²) >= 11 is 0. The van der Waals surface area contributed by atoms with E-state index in [1.54, 1.807) is 6.92 Å². The van der Waals surface area contributed by atoms with Gasteiger partial charge in [-0.1, -0.05) is 0 Å². The van der Waals surface area contributed by atoms with Gasteiger partial charge >= 0.3 is 11.9 Å². The predicted molar refractivity (Wildman–Crippen MR) is 63.5 cm³/mol. The maximum Gasteiger partial charge on any atom is 0.397 e. The molecule has 1 aliphatic heterocycles. The van der Waals surface area contributed by atoms with E-state index in [1.165, 1.54) is 18.2 Å². The van der Waals surface area contributed by atoms with Crippen molar-refractivity contribution in [3.05, 3.63) is 29.3 Å². The lowest BCUT2D eigenvalue weighted by Gasteiger charge is -2.05. The van der Waals surface area contributed by atoms with Gasteiger partial charge in [0, 0.05) is 5.69 Å². The molecule has 7 nitrogen and oxygen atoms in total. The van der Waals surface area contributed by atoms with Crippen LogP contribution in [0.4, 0.5) is 5.69 Å². The SMILES string of the molecule is CCOC(=O)C(=O)Nc1ccc2c(c1)C(=O)NC2=O. The molecule has 0 unspecified atom stereocenters. The lowest BCUT2D eigenvalue weighted by atomic mass is 10.1. The number of imide groups is 1. The fraction of sp³-hybridized carbons (Fsp3) is 0.167. The highest BCUT2D eigenvalue weighted by Gasteiger charge is 2.27. The summed E-state index contributed by atoms with van der Waals surface area (Å²) in [4.78, 5) is 45.2. The molecule has 0 atom stereocenters. The third-order valence-electron chi connectivity index (χ3n) is 2.45. The fourth-order valence-corrected chi connectivity index (χ4v) is 1.62. The molecule has 1 heterocycles. The molecule has 7 heteroatoms. The number of fused-ring (bicyclic) bond motifs is 1. The highest BCUT2D eigenvalue weighted by molar-refractivity contribution is 6.37. The van der Waals surface area contributed by atoms with E-state index >= 15 is 0 Å². The highest BCUT2D eigenvalue weighted by atomic mass is 16.5. The molecule has 0 aromatic heterocycles. The summed E-state index contributed by atoms with van der Waals surface area (Å²) in [6.07, 6.45) is 0. The normalized spacial score (nSPS) is 12.7. The van der Waals surface area contributed by atoms with E-state index < -0.39 is 23.7 Å². The Balaban J connectivity index is 2.18. The lowest BCUT2D eigenvalue weighted by Crippen LogP contribution is -2.25. The van der Waals surface area contributed by atoms with Gasteiger partial charge in [0.25, 0.3) is 11.8 Å². The Bertz CT molecular complexity index is 594. The molecule has 2 N–H and O–H groups in total. The molecule has 19 heavy (non-hydrogen) atoms. The number of anilines is 1. The Morgan fingerprint density at radius 1 is 1.21 bits per heavy atom. The van der Waals surface area contributed by atoms with Gasteiger partial charge in [-0.3, -0.25) is 19.7 Å². The van der Waals surface area contributed by atoms with Gasteiger partial charge in [-0.25, -0.2) is 4.79 Å². The van der Waals surface area contributed by atoms with Crippen LogP contribution in [0.5, 0.6) is 0 Å². The topological polar surface area (TPSA) is 102 Å². The summed E-state index contributed by atoms with van der Waals surface area (Å²) < 4.78 is 4.52. The molecule has 1 aromatic carbocycles. The molecule has 0 radical (unpaired) electrons. The smallest absolute Gasteiger partial charge is 0.397 e. The maximum absolute atomic E-state index is 11.4. The molecule has 0 aliphatic carbocycles. The van der Waals surface area contributed by atoms with Crippen molar-refractivity contribution >= 4 is 29.4 Å². The predicted octanol–water partition coefficient (Wildman–Crippen LogP) is 0.0718. The lowest BCUT2D eigenvalue weighted by molar-refractivity contribution is -0.152. The summed E-state index contributed by atoms with van der Waals surface area (Å²) in [7, 11) is 0. The fourth-order valence-electron chi connectivity index (χ4n) is 1.62. The molecule has 0 spiro atoms. The molecular weight excluding hydrogens is 252 g/mol. The second-order valence-electron chi connectivity index (χ2n) is 3.72. The summed E-state index contributed by atoms with van der Waals surface area (Å²) in [6, 6.07) is 4.15. The number of ether oxygens (including phenoxy) is 1. The molecule has 0 saturated heterocycles. The Hall–Kier alpha value is -2.70. The molecule has 0 fully saturated rings. The average molecular weight is 262 g/mol. The van der Waals surface area contributed by atoms with E-state index in [1.807, 2.05) is 0 Å². The van der Waals surface area contributed by atoms with E-state index in [2.05, 4.69) is 15.4 Å². The van der Waals surface area contributed by atoms with Gasteiger partial charge in [0.1, 0.15) is 0 Å². The number of carbonyl (C=O) groups is 4. The van der Waals surface area contributed by atoms with Gasteiger partial charge in [-0.15, -0.1) is 0 Å². The highest BCUT2D eigenvalue weighted by Crippen LogP contribution is 2.20. The monoisotopic (exact) mass is 262 g/mol. The first kappa shape index (κ1) is 12.7. The number of carbonyl (C=O) groups excluding carboxylic acids is 4. The van der Waals surface area contributed by atoms with Gasteiger partial charge in [0.05, 0.1) is 17.7 Å². The molecule has 2 rings (SSSR count). The minimum atomic E-state index is -1.01. The molecule has 0 bridgehead atoms. The van der Waals surface area contributed by atoms with Crippen LogP contribution in [-0.4, -0.2) is 30.3 Å². The van der Waals surface area contributed by atoms with E-state index in [0.717, 1.165) is 0 Å². The van der Waals surface area contributed by atoms with Crippen LogP contribution >= 0.6 is 0 Å². The average Bonchev–Trinajstić information content (AvgIpc) is 2.65. The van der Waals surface area contributed by atoms with E-state index in [0.29, 0.717) is 0 Å². The molecular formula is C12H10N2O5. The van der Waals surface area contributed by atoms with Crippen molar-refractivity contribution in [3.8, 4) is 0 Å². The Morgan fingerprint density at radius 3 is 2.58 bits per heavy atom. The van der Waals surface area contributed by atoms with Crippen LogP contribution in [0, 0.1) is 0 Å². The number of rotatable bonds is 2. The van der Waals surface area contributed by atoms with Gasteiger partial charge in [-0.05, 0) is 25.1 Å². The van der Waals surface area contributed by atoms with Crippen molar-refractivity contribution in [1.82, 2.24) is 5.32 Å². The summed E-state index contributed by atoms with van der Waals surface area (Å²) in [6.45, 7) is 1.67. The maximum atomic E-state index is 11.4. The van der Waals surface area contributed by atoms with Crippen molar-refractivity contribution in [2.75, 3.05) is 11.9 Å². The van der Waals surface area contributed by atoms with Crippen LogP contribution in [-0.2, 0) is 14.3 Å². The minimum Gasteiger partial charge on any atom is -0.459 e. The second kappa shape index (κ2) is 4.89. The van der Waals surface area contributed by atoms with E-state index in [-0.39, 0.29) is 23.4 Å². The van der Waals surface area contributed by atoms with Crippen LogP contribution in [0.3, 0.4) is 0 Å². The van der Waals surface area contributed by atoms with Crippen molar-refractivity contribution in [2.45, 2.75) is 6.92 Å². The van der Waals surface area contributed by atoms with Gasteiger partial charge in [-0.2, -0.15) is 0 Å². The van der Waals surface area contributed by atoms with Crippen LogP contribution < -0.4 is 10.6 Å². The molecule has 3 amide bonds. The molecule has 1 aliphatic rings. The Labute approximate surface area is 107 Å². The first-order chi connectivity index (χ1) is 9.02. The first-order valence-corrected chi connectivity index (χ1v) is 5.50. The largest absolute Gasteiger partial charge is 0.459 e. The number of benzene rings is 1. The van der Waals surface area contributed by atoms with Gasteiger partial charge < -0.3 is 10.1 Å². The minimum absolute atomic E-state index is 0.0906. The van der Waals surface area contributed by atoms with Crippen molar-refractivity contribution in [2.24, 2.45) is 0 Å². The Kier molecular flexibility index (Phi) is 3.28. The van der Waals surface area contributed by atoms with Crippen LogP contribution in [0.15, 0.2) is 18.2 Å². The third-order valence-corrected chi connectivity index (χ3v) is 2.45. The number of nitrogens with one attached hydrogen (secondary N) is 2. The van der Waals surface area contributed by atoms with Crippen LogP contribution in [0.25, 0.3) is 0 Å². The zero-order chi connectivity index (χ0) is 14.0. The summed E-state index contributed by atoms with van der Waals surface area (Å²) in [5.41, 5.74) is 0.632. The molecule has 0 saturated carbocycles. The first-order valence-electron chi connectivity index (χ1n) is 5.50. The van der Waals surface area contributed by atoms with Crippen molar-refractivity contribution < 1.29 is 23.9 Å². The standard InChI is InChI=1S/C12H10N2O5/c1-2-19-12(18)11(17)13-6-3-4-7-8(5-6)10(16)14-9(7)15/h3-5H,2H2,1H3,(H,13,17)(H,14,15,16). The van der Waals surface area contributed by atoms with Crippen LogP contribution in [0.2, 0.25) is 0 Å². The number of esters is 1.